The maximum Gasteiger partial charge on any atom is 0.277 e. The van der Waals surface area contributed by atoms with Gasteiger partial charge in [-0.15, -0.1) is 0 Å². The molecule has 11 nitrogen and oxygen atoms in total. The van der Waals surface area contributed by atoms with Crippen LogP contribution in [0.15, 0.2) is 46.3 Å². The lowest BCUT2D eigenvalue weighted by Gasteiger charge is -2.34. The summed E-state index contributed by atoms with van der Waals surface area (Å²) < 4.78 is 29.5. The molecule has 1 atom stereocenters. The number of carbonyl (C=O) groups is 1. The molecule has 0 radical (unpaired) electrons. The summed E-state index contributed by atoms with van der Waals surface area (Å²) in [5.74, 6) is 0.189. The van der Waals surface area contributed by atoms with Crippen LogP contribution in [0, 0.1) is 16.0 Å². The first-order valence-electron chi connectivity index (χ1n) is 11.7. The van der Waals surface area contributed by atoms with Crippen molar-refractivity contribution < 1.29 is 18.1 Å². The number of amides is 1. The number of nitro groups is 1. The number of hydrogen-bond acceptors (Lipinski definition) is 6. The lowest BCUT2D eigenvalue weighted by molar-refractivity contribution is -0.383. The van der Waals surface area contributed by atoms with Crippen molar-refractivity contribution in [2.24, 2.45) is 22.4 Å². The van der Waals surface area contributed by atoms with Crippen molar-refractivity contribution in [1.82, 2.24) is 9.62 Å². The van der Waals surface area contributed by atoms with Crippen LogP contribution in [-0.4, -0.2) is 55.8 Å². The first kappa shape index (κ1) is 26.4. The lowest BCUT2D eigenvalue weighted by Crippen LogP contribution is -2.50. The summed E-state index contributed by atoms with van der Waals surface area (Å²) in [6.45, 7) is 3.53. The van der Waals surface area contributed by atoms with Gasteiger partial charge in [-0.25, -0.2) is 8.42 Å². The minimum absolute atomic E-state index is 0.0764. The molecule has 0 saturated carbocycles. The number of guanidine groups is 1. The molecule has 0 spiro atoms. The molecule has 5 N–H and O–H groups in total. The van der Waals surface area contributed by atoms with E-state index in [-0.39, 0.29) is 46.2 Å². The number of rotatable bonds is 10. The summed E-state index contributed by atoms with van der Waals surface area (Å²) in [7, 11) is -4.19. The molecule has 1 amide bonds. The van der Waals surface area contributed by atoms with Gasteiger partial charge < -0.3 is 16.4 Å². The maximum atomic E-state index is 13.4. The average Bonchev–Trinajstić information content (AvgIpc) is 2.84. The number of sulfonamides is 1. The Labute approximate surface area is 204 Å². The topological polar surface area (TPSA) is 174 Å². The number of hydrogen-bond donors (Lipinski definition) is 3. The number of non-ortho nitro benzene ring substituents is 1. The lowest BCUT2D eigenvalue weighted by atomic mass is 9.94. The van der Waals surface area contributed by atoms with Crippen molar-refractivity contribution in [3.63, 3.8) is 0 Å². The molecule has 2 aromatic rings. The summed E-state index contributed by atoms with van der Waals surface area (Å²) in [5.41, 5.74) is 10.5. The number of piperidine rings is 1. The summed E-state index contributed by atoms with van der Waals surface area (Å²) in [6, 6.07) is 7.60. The molecule has 0 bridgehead atoms. The van der Waals surface area contributed by atoms with E-state index in [1.165, 1.54) is 36.4 Å². The van der Waals surface area contributed by atoms with E-state index in [4.69, 9.17) is 11.5 Å². The first-order valence-corrected chi connectivity index (χ1v) is 13.1. The second kappa shape index (κ2) is 11.5. The van der Waals surface area contributed by atoms with E-state index < -0.39 is 21.0 Å². The molecule has 1 aliphatic rings. The molecule has 1 fully saturated rings. The Morgan fingerprint density at radius 3 is 2.49 bits per heavy atom. The highest BCUT2D eigenvalue weighted by atomic mass is 32.2. The van der Waals surface area contributed by atoms with Crippen molar-refractivity contribution >= 4 is 38.3 Å². The molecular weight excluding hydrogens is 472 g/mol. The van der Waals surface area contributed by atoms with Crippen LogP contribution in [0.5, 0.6) is 0 Å². The minimum Gasteiger partial charge on any atom is -0.370 e. The highest BCUT2D eigenvalue weighted by Crippen LogP contribution is 2.30. The molecular formula is C23H32N6O5S. The van der Waals surface area contributed by atoms with E-state index in [9.17, 15) is 23.3 Å². The third-order valence-electron chi connectivity index (χ3n) is 6.39. The number of likely N-dealkylation sites (tertiary alicyclic amines) is 1. The molecule has 1 saturated heterocycles. The Hall–Kier alpha value is -3.25. The summed E-state index contributed by atoms with van der Waals surface area (Å²) in [4.78, 5) is 29.7. The van der Waals surface area contributed by atoms with Gasteiger partial charge in [0.05, 0.1) is 15.2 Å². The Bertz CT molecular complexity index is 1200. The number of fused-ring (bicyclic) bond motifs is 1. The van der Waals surface area contributed by atoms with Gasteiger partial charge in [-0.2, -0.15) is 4.72 Å². The Morgan fingerprint density at radius 1 is 1.20 bits per heavy atom. The van der Waals surface area contributed by atoms with E-state index in [0.29, 0.717) is 25.4 Å². The molecule has 0 aromatic heterocycles. The van der Waals surface area contributed by atoms with E-state index in [1.807, 2.05) is 0 Å². The fourth-order valence-electron chi connectivity index (χ4n) is 4.43. The van der Waals surface area contributed by atoms with Gasteiger partial charge in [-0.05, 0) is 43.7 Å². The van der Waals surface area contributed by atoms with Gasteiger partial charge in [0.15, 0.2) is 5.96 Å². The van der Waals surface area contributed by atoms with Gasteiger partial charge in [0.2, 0.25) is 15.9 Å². The fraction of sp³-hybridized carbons (Fsp3) is 0.478. The average molecular weight is 505 g/mol. The quantitative estimate of drug-likeness (QED) is 0.146. The molecule has 1 heterocycles. The van der Waals surface area contributed by atoms with Crippen molar-refractivity contribution in [2.75, 3.05) is 19.6 Å². The molecule has 3 rings (SSSR count). The molecule has 2 aromatic carbocycles. The fourth-order valence-corrected chi connectivity index (χ4v) is 5.87. The number of benzene rings is 2. The van der Waals surface area contributed by atoms with E-state index >= 15 is 0 Å². The third kappa shape index (κ3) is 6.45. The van der Waals surface area contributed by atoms with Crippen LogP contribution in [0.4, 0.5) is 5.69 Å². The number of nitrogens with two attached hydrogens (primary N) is 2. The molecule has 190 valence electrons. The second-order valence-corrected chi connectivity index (χ2v) is 10.4. The largest absolute Gasteiger partial charge is 0.370 e. The van der Waals surface area contributed by atoms with Gasteiger partial charge >= 0.3 is 0 Å². The van der Waals surface area contributed by atoms with Crippen LogP contribution in [0.3, 0.4) is 0 Å². The van der Waals surface area contributed by atoms with Crippen LogP contribution in [0.2, 0.25) is 0 Å². The SMILES string of the molecule is CCC1CCN(C(=O)C(CCCN=C(N)N)NS(=O)(=O)c2cccc3c([N+](=O)[O-])cccc23)CC1. The van der Waals surface area contributed by atoms with Crippen LogP contribution in [-0.2, 0) is 14.8 Å². The highest BCUT2D eigenvalue weighted by Gasteiger charge is 2.32. The summed E-state index contributed by atoms with van der Waals surface area (Å²) in [6.07, 6.45) is 3.39. The van der Waals surface area contributed by atoms with Gasteiger partial charge in [0.25, 0.3) is 5.69 Å². The number of nitro benzene ring substituents is 1. The molecule has 1 unspecified atom stereocenters. The zero-order valence-electron chi connectivity index (χ0n) is 19.7. The minimum atomic E-state index is -4.19. The van der Waals surface area contributed by atoms with Crippen molar-refractivity contribution in [3.05, 3.63) is 46.5 Å². The van der Waals surface area contributed by atoms with Gasteiger partial charge in [-0.3, -0.25) is 19.9 Å². The van der Waals surface area contributed by atoms with Crippen molar-refractivity contribution in [2.45, 2.75) is 50.0 Å². The first-order chi connectivity index (χ1) is 16.6. The Morgan fingerprint density at radius 2 is 1.86 bits per heavy atom. The standard InChI is InChI=1S/C23H32N6O5S/c1-2-16-11-14-28(15-12-16)22(30)19(8-5-13-26-23(24)25)27-35(33,34)21-10-4-6-17-18(21)7-3-9-20(17)29(31)32/h3-4,6-7,9-10,16,19,27H,2,5,8,11-15H2,1H3,(H4,24,25,26). The zero-order valence-corrected chi connectivity index (χ0v) is 20.5. The monoisotopic (exact) mass is 504 g/mol. The summed E-state index contributed by atoms with van der Waals surface area (Å²) in [5, 5.41) is 11.8. The number of nitrogens with one attached hydrogen (secondary N) is 1. The van der Waals surface area contributed by atoms with E-state index in [1.54, 1.807) is 4.90 Å². The molecule has 12 heteroatoms. The molecule has 0 aliphatic carbocycles. The third-order valence-corrected chi connectivity index (χ3v) is 7.92. The van der Waals surface area contributed by atoms with Gasteiger partial charge in [-0.1, -0.05) is 31.5 Å². The highest BCUT2D eigenvalue weighted by molar-refractivity contribution is 7.89. The Balaban J connectivity index is 1.89. The van der Waals surface area contributed by atoms with E-state index in [2.05, 4.69) is 16.6 Å². The second-order valence-electron chi connectivity index (χ2n) is 8.69. The Kier molecular flexibility index (Phi) is 8.62. The smallest absolute Gasteiger partial charge is 0.277 e. The molecule has 35 heavy (non-hydrogen) atoms. The number of carbonyl (C=O) groups excluding carboxylic acids is 1. The number of nitrogens with zero attached hydrogens (tertiary/aromatic N) is 3. The summed E-state index contributed by atoms with van der Waals surface area (Å²) >= 11 is 0. The van der Waals surface area contributed by atoms with Gasteiger partial charge in [0.1, 0.15) is 6.04 Å². The zero-order chi connectivity index (χ0) is 25.6. The predicted molar refractivity (Wildman–Crippen MR) is 134 cm³/mol. The van der Waals surface area contributed by atoms with E-state index in [0.717, 1.165) is 19.3 Å². The van der Waals surface area contributed by atoms with Crippen molar-refractivity contribution in [3.8, 4) is 0 Å². The van der Waals surface area contributed by atoms with Crippen LogP contribution in [0.1, 0.15) is 39.0 Å². The van der Waals surface area contributed by atoms with Crippen LogP contribution in [0.25, 0.3) is 10.8 Å². The van der Waals surface area contributed by atoms with Crippen LogP contribution >= 0.6 is 0 Å². The normalized spacial score (nSPS) is 15.6. The van der Waals surface area contributed by atoms with Gasteiger partial charge in [0, 0.05) is 31.1 Å². The predicted octanol–water partition coefficient (Wildman–Crippen LogP) is 2.10. The van der Waals surface area contributed by atoms with Crippen molar-refractivity contribution in [1.29, 1.82) is 0 Å². The van der Waals surface area contributed by atoms with Crippen LogP contribution < -0.4 is 16.2 Å². The molecule has 1 aliphatic heterocycles. The maximum absolute atomic E-state index is 13.4. The number of aliphatic imine (C=N–C) groups is 1.